The molecule has 0 fully saturated rings. The Labute approximate surface area is 167 Å². The molecule has 6 heteroatoms. The van der Waals surface area contributed by atoms with E-state index in [4.69, 9.17) is 4.74 Å². The van der Waals surface area contributed by atoms with Crippen LogP contribution < -0.4 is 4.74 Å². The van der Waals surface area contributed by atoms with Crippen LogP contribution in [0.15, 0.2) is 72.8 Å². The van der Waals surface area contributed by atoms with Crippen LogP contribution in [-0.2, 0) is 6.54 Å². The van der Waals surface area contributed by atoms with Crippen LogP contribution in [0, 0.1) is 0 Å². The predicted octanol–water partition coefficient (Wildman–Crippen LogP) is 4.09. The molecule has 1 heterocycles. The van der Waals surface area contributed by atoms with Crippen molar-refractivity contribution in [2.45, 2.75) is 6.54 Å². The van der Waals surface area contributed by atoms with Crippen molar-refractivity contribution in [2.75, 3.05) is 7.11 Å². The molecule has 0 radical (unpaired) electrons. The number of nitrogens with zero attached hydrogens (tertiary/aromatic N) is 3. The van der Waals surface area contributed by atoms with Gasteiger partial charge in [0.1, 0.15) is 17.0 Å². The number of ketones is 1. The first-order valence-electron chi connectivity index (χ1n) is 9.10. The summed E-state index contributed by atoms with van der Waals surface area (Å²) < 4.78 is 7.31. The van der Waals surface area contributed by atoms with Crippen molar-refractivity contribution in [3.8, 4) is 11.5 Å². The van der Waals surface area contributed by atoms with Gasteiger partial charge >= 0.3 is 0 Å². The SMILES string of the molecule is COc1ccc(/C=C/C(=O)c2ccc(O)cc2)cc1Cn1nnc2ccccc21. The fourth-order valence-corrected chi connectivity index (χ4v) is 3.12. The predicted molar refractivity (Wildman–Crippen MR) is 111 cm³/mol. The standard InChI is InChI=1S/C23H19N3O3/c1-29-23-13-7-16(6-12-22(28)17-8-10-19(27)11-9-17)14-18(23)15-26-21-5-3-2-4-20(21)24-25-26/h2-14,27H,15H2,1H3/b12-6+. The van der Waals surface area contributed by atoms with Crippen molar-refractivity contribution in [1.82, 2.24) is 15.0 Å². The largest absolute Gasteiger partial charge is 0.508 e. The van der Waals surface area contributed by atoms with Gasteiger partial charge in [0.25, 0.3) is 0 Å². The van der Waals surface area contributed by atoms with Gasteiger partial charge in [0.15, 0.2) is 5.78 Å². The minimum Gasteiger partial charge on any atom is -0.508 e. The molecule has 1 N–H and O–H groups in total. The summed E-state index contributed by atoms with van der Waals surface area (Å²) in [6.45, 7) is 0.497. The second-order valence-electron chi connectivity index (χ2n) is 6.55. The van der Waals surface area contributed by atoms with Crippen molar-refractivity contribution in [3.63, 3.8) is 0 Å². The van der Waals surface area contributed by atoms with Gasteiger partial charge in [-0.25, -0.2) is 4.68 Å². The summed E-state index contributed by atoms with van der Waals surface area (Å²) in [5.41, 5.74) is 4.10. The van der Waals surface area contributed by atoms with Gasteiger partial charge in [-0.05, 0) is 60.2 Å². The average molecular weight is 385 g/mol. The van der Waals surface area contributed by atoms with Crippen molar-refractivity contribution in [3.05, 3.63) is 89.5 Å². The summed E-state index contributed by atoms with van der Waals surface area (Å²) in [5.74, 6) is 0.738. The van der Waals surface area contributed by atoms with Crippen molar-refractivity contribution < 1.29 is 14.6 Å². The Morgan fingerprint density at radius 1 is 1.10 bits per heavy atom. The maximum Gasteiger partial charge on any atom is 0.185 e. The number of rotatable bonds is 6. The molecule has 3 aromatic carbocycles. The van der Waals surface area contributed by atoms with Crippen molar-refractivity contribution in [2.24, 2.45) is 0 Å². The van der Waals surface area contributed by atoms with E-state index in [1.807, 2.05) is 47.1 Å². The molecule has 0 aliphatic rings. The number of allylic oxidation sites excluding steroid dienone is 1. The third kappa shape index (κ3) is 4.01. The molecule has 1 aromatic heterocycles. The van der Waals surface area contributed by atoms with Crippen LogP contribution in [0.25, 0.3) is 17.1 Å². The zero-order chi connectivity index (χ0) is 20.2. The normalized spacial score (nSPS) is 11.2. The molecule has 0 aliphatic carbocycles. The number of methoxy groups -OCH3 is 1. The third-order valence-electron chi connectivity index (χ3n) is 4.62. The smallest absolute Gasteiger partial charge is 0.185 e. The van der Waals surface area contributed by atoms with Gasteiger partial charge < -0.3 is 9.84 Å². The number of para-hydroxylation sites is 1. The zero-order valence-electron chi connectivity index (χ0n) is 15.8. The van der Waals surface area contributed by atoms with Crippen LogP contribution in [0.2, 0.25) is 0 Å². The molecule has 0 saturated heterocycles. The first-order valence-corrected chi connectivity index (χ1v) is 9.10. The lowest BCUT2D eigenvalue weighted by atomic mass is 10.1. The number of fused-ring (bicyclic) bond motifs is 1. The first-order chi connectivity index (χ1) is 14.1. The molecule has 0 aliphatic heterocycles. The average Bonchev–Trinajstić information content (AvgIpc) is 3.15. The second kappa shape index (κ2) is 7.98. The summed E-state index contributed by atoms with van der Waals surface area (Å²) >= 11 is 0. The van der Waals surface area contributed by atoms with Crippen molar-refractivity contribution in [1.29, 1.82) is 0 Å². The highest BCUT2D eigenvalue weighted by molar-refractivity contribution is 6.06. The van der Waals surface area contributed by atoms with E-state index in [0.29, 0.717) is 12.1 Å². The highest BCUT2D eigenvalue weighted by Gasteiger charge is 2.09. The van der Waals surface area contributed by atoms with Crippen molar-refractivity contribution >= 4 is 22.9 Å². The molecule has 4 rings (SSSR count). The lowest BCUT2D eigenvalue weighted by Crippen LogP contribution is -2.04. The van der Waals surface area contributed by atoms with E-state index in [2.05, 4.69) is 10.3 Å². The highest BCUT2D eigenvalue weighted by atomic mass is 16.5. The molecular formula is C23H19N3O3. The number of hydrogen-bond donors (Lipinski definition) is 1. The number of carbonyl (C=O) groups is 1. The summed E-state index contributed by atoms with van der Waals surface area (Å²) in [5, 5.41) is 17.8. The molecule has 4 aromatic rings. The number of hydrogen-bond acceptors (Lipinski definition) is 5. The Morgan fingerprint density at radius 2 is 1.90 bits per heavy atom. The number of phenolic OH excluding ortho intramolecular Hbond substituents is 1. The number of carbonyl (C=O) groups excluding carboxylic acids is 1. The number of aromatic nitrogens is 3. The molecule has 0 amide bonds. The molecule has 0 unspecified atom stereocenters. The van der Waals surface area contributed by atoms with E-state index >= 15 is 0 Å². The zero-order valence-corrected chi connectivity index (χ0v) is 15.8. The first kappa shape index (κ1) is 18.4. The Kier molecular flexibility index (Phi) is 5.07. The van der Waals surface area contributed by atoms with Gasteiger partial charge in [-0.2, -0.15) is 0 Å². The number of ether oxygens (including phenoxy) is 1. The minimum absolute atomic E-state index is 0.131. The molecule has 0 bridgehead atoms. The molecule has 0 saturated carbocycles. The van der Waals surface area contributed by atoms with E-state index in [1.165, 1.54) is 18.2 Å². The van der Waals surface area contributed by atoms with Gasteiger partial charge in [0.05, 0.1) is 19.2 Å². The third-order valence-corrected chi connectivity index (χ3v) is 4.62. The summed E-state index contributed by atoms with van der Waals surface area (Å²) in [6.07, 6.45) is 3.28. The second-order valence-corrected chi connectivity index (χ2v) is 6.55. The van der Waals surface area contributed by atoms with E-state index in [1.54, 1.807) is 25.3 Å². The van der Waals surface area contributed by atoms with E-state index in [-0.39, 0.29) is 11.5 Å². The lowest BCUT2D eigenvalue weighted by Gasteiger charge is -2.10. The Hall–Kier alpha value is -3.93. The van der Waals surface area contributed by atoms with Crippen LogP contribution in [0.1, 0.15) is 21.5 Å². The Bertz CT molecular complexity index is 1190. The molecule has 29 heavy (non-hydrogen) atoms. The summed E-state index contributed by atoms with van der Waals surface area (Å²) in [4.78, 5) is 12.3. The quantitative estimate of drug-likeness (QED) is 0.400. The van der Waals surface area contributed by atoms with E-state index < -0.39 is 0 Å². The lowest BCUT2D eigenvalue weighted by molar-refractivity contribution is 0.104. The Morgan fingerprint density at radius 3 is 2.69 bits per heavy atom. The number of benzene rings is 3. The number of phenols is 1. The fraction of sp³-hybridized carbons (Fsp3) is 0.0870. The van der Waals surface area contributed by atoms with Gasteiger partial charge in [-0.1, -0.05) is 29.5 Å². The van der Waals surface area contributed by atoms with E-state index in [0.717, 1.165) is 27.9 Å². The van der Waals surface area contributed by atoms with Crippen LogP contribution >= 0.6 is 0 Å². The minimum atomic E-state index is -0.135. The van der Waals surface area contributed by atoms with Crippen LogP contribution in [0.3, 0.4) is 0 Å². The van der Waals surface area contributed by atoms with Gasteiger partial charge in [-0.3, -0.25) is 4.79 Å². The van der Waals surface area contributed by atoms with E-state index in [9.17, 15) is 9.90 Å². The molecule has 0 atom stereocenters. The van der Waals surface area contributed by atoms with Crippen LogP contribution in [0.5, 0.6) is 11.5 Å². The molecule has 144 valence electrons. The molecule has 0 spiro atoms. The highest BCUT2D eigenvalue weighted by Crippen LogP contribution is 2.23. The summed E-state index contributed by atoms with van der Waals surface area (Å²) in [7, 11) is 1.63. The maximum absolute atomic E-state index is 12.3. The number of aromatic hydroxyl groups is 1. The molecule has 6 nitrogen and oxygen atoms in total. The Balaban J connectivity index is 1.59. The fourth-order valence-electron chi connectivity index (χ4n) is 3.12. The van der Waals surface area contributed by atoms with Crippen LogP contribution in [-0.4, -0.2) is 33.0 Å². The van der Waals surface area contributed by atoms with Crippen LogP contribution in [0.4, 0.5) is 0 Å². The van der Waals surface area contributed by atoms with Gasteiger partial charge in [0, 0.05) is 11.1 Å². The summed E-state index contributed by atoms with van der Waals surface area (Å²) in [6, 6.07) is 19.7. The monoisotopic (exact) mass is 385 g/mol. The van der Waals surface area contributed by atoms with Gasteiger partial charge in [-0.15, -0.1) is 5.10 Å². The molecular weight excluding hydrogens is 366 g/mol. The van der Waals surface area contributed by atoms with Gasteiger partial charge in [0.2, 0.25) is 0 Å². The topological polar surface area (TPSA) is 77.2 Å². The maximum atomic E-state index is 12.3.